The molecule has 1 unspecified atom stereocenters. The van der Waals surface area contributed by atoms with Crippen molar-refractivity contribution in [3.63, 3.8) is 0 Å². The van der Waals surface area contributed by atoms with Gasteiger partial charge in [0, 0.05) is 12.1 Å². The van der Waals surface area contributed by atoms with Crippen LogP contribution in [0.2, 0.25) is 10.0 Å². The van der Waals surface area contributed by atoms with E-state index in [1.165, 1.54) is 36.3 Å². The highest BCUT2D eigenvalue weighted by Crippen LogP contribution is 2.43. The second-order valence-corrected chi connectivity index (χ2v) is 9.24. The van der Waals surface area contributed by atoms with Gasteiger partial charge < -0.3 is 19.8 Å². The van der Waals surface area contributed by atoms with Crippen molar-refractivity contribution in [2.45, 2.75) is 26.4 Å². The van der Waals surface area contributed by atoms with E-state index in [4.69, 9.17) is 27.9 Å². The van der Waals surface area contributed by atoms with E-state index in [0.29, 0.717) is 5.56 Å². The number of phenolic OH excluding ortho intramolecular Hbond substituents is 1. The highest BCUT2D eigenvalue weighted by Gasteiger charge is 2.46. The number of rotatable bonds is 5. The van der Waals surface area contributed by atoms with E-state index in [9.17, 15) is 19.8 Å². The predicted molar refractivity (Wildman–Crippen MR) is 135 cm³/mol. The summed E-state index contributed by atoms with van der Waals surface area (Å²) in [4.78, 5) is 27.9. The molecule has 1 atom stereocenters. The summed E-state index contributed by atoms with van der Waals surface area (Å²) < 4.78 is 5.17. The first-order valence-corrected chi connectivity index (χ1v) is 11.5. The molecule has 0 aromatic heterocycles. The molecule has 3 aromatic carbocycles. The van der Waals surface area contributed by atoms with Crippen LogP contribution in [0.4, 0.5) is 0 Å². The average Bonchev–Trinajstić information content (AvgIpc) is 3.06. The summed E-state index contributed by atoms with van der Waals surface area (Å²) in [5.74, 6) is -1.70. The van der Waals surface area contributed by atoms with Crippen molar-refractivity contribution >= 4 is 40.7 Å². The zero-order valence-corrected chi connectivity index (χ0v) is 20.8. The third-order valence-electron chi connectivity index (χ3n) is 6.07. The third kappa shape index (κ3) is 4.59. The van der Waals surface area contributed by atoms with E-state index in [-0.39, 0.29) is 39.2 Å². The number of methoxy groups -OCH3 is 1. The summed E-state index contributed by atoms with van der Waals surface area (Å²) in [5.41, 5.74) is 3.50. The van der Waals surface area contributed by atoms with E-state index >= 15 is 0 Å². The van der Waals surface area contributed by atoms with E-state index in [2.05, 4.69) is 0 Å². The molecule has 180 valence electrons. The summed E-state index contributed by atoms with van der Waals surface area (Å²) >= 11 is 12.5. The molecular weight excluding hydrogens is 489 g/mol. The van der Waals surface area contributed by atoms with Gasteiger partial charge in [-0.25, -0.2) is 0 Å². The lowest BCUT2D eigenvalue weighted by Crippen LogP contribution is -2.29. The smallest absolute Gasteiger partial charge is 0.295 e. The lowest BCUT2D eigenvalue weighted by molar-refractivity contribution is -0.140. The third-order valence-corrected chi connectivity index (χ3v) is 6.63. The maximum absolute atomic E-state index is 13.3. The number of aromatic hydroxyl groups is 1. The van der Waals surface area contributed by atoms with Gasteiger partial charge in [0.15, 0.2) is 5.75 Å². The van der Waals surface area contributed by atoms with Gasteiger partial charge in [-0.05, 0) is 54.8 Å². The topological polar surface area (TPSA) is 87.1 Å². The maximum Gasteiger partial charge on any atom is 0.295 e. The predicted octanol–water partition coefficient (Wildman–Crippen LogP) is 5.95. The maximum atomic E-state index is 13.3. The number of amides is 1. The van der Waals surface area contributed by atoms with Crippen LogP contribution in [0.1, 0.15) is 33.9 Å². The van der Waals surface area contributed by atoms with Crippen LogP contribution in [0.15, 0.2) is 60.2 Å². The van der Waals surface area contributed by atoms with Gasteiger partial charge in [-0.15, -0.1) is 0 Å². The number of ketones is 1. The van der Waals surface area contributed by atoms with Crippen LogP contribution in [0, 0.1) is 13.8 Å². The van der Waals surface area contributed by atoms with Crippen molar-refractivity contribution in [2.24, 2.45) is 0 Å². The Kier molecular flexibility index (Phi) is 6.79. The number of aryl methyl sites for hydroxylation is 2. The number of halogens is 2. The number of hydrogen-bond acceptors (Lipinski definition) is 5. The van der Waals surface area contributed by atoms with Crippen LogP contribution in [-0.2, 0) is 16.1 Å². The standard InChI is InChI=1S/C27H23Cl2NO5/c1-14-4-5-15(2)18(10-14)13-30-23(16-6-8-19(31)9-7-16)22(25(33)27(30)34)24(32)17-11-20(28)26(35-3)21(29)12-17/h4-12,23,31-32H,13H2,1-3H3/b24-22+. The molecule has 0 radical (unpaired) electrons. The van der Waals surface area contributed by atoms with E-state index < -0.39 is 23.5 Å². The quantitative estimate of drug-likeness (QED) is 0.251. The van der Waals surface area contributed by atoms with Crippen molar-refractivity contribution in [2.75, 3.05) is 7.11 Å². The van der Waals surface area contributed by atoms with Gasteiger partial charge in [0.1, 0.15) is 11.5 Å². The first-order chi connectivity index (χ1) is 16.6. The highest BCUT2D eigenvalue weighted by molar-refractivity contribution is 6.46. The zero-order valence-electron chi connectivity index (χ0n) is 19.3. The van der Waals surface area contributed by atoms with Crippen molar-refractivity contribution in [3.05, 3.63) is 98.0 Å². The first-order valence-electron chi connectivity index (χ1n) is 10.8. The summed E-state index contributed by atoms with van der Waals surface area (Å²) in [7, 11) is 1.41. The molecule has 2 N–H and O–H groups in total. The largest absolute Gasteiger partial charge is 0.508 e. The minimum absolute atomic E-state index is 0.0361. The Balaban J connectivity index is 1.90. The fourth-order valence-corrected chi connectivity index (χ4v) is 4.89. The van der Waals surface area contributed by atoms with Crippen molar-refractivity contribution in [1.29, 1.82) is 0 Å². The molecule has 1 amide bonds. The number of likely N-dealkylation sites (tertiary alicyclic amines) is 1. The van der Waals surface area contributed by atoms with Gasteiger partial charge >= 0.3 is 0 Å². The second-order valence-electron chi connectivity index (χ2n) is 8.42. The molecule has 6 nitrogen and oxygen atoms in total. The number of benzene rings is 3. The van der Waals surface area contributed by atoms with Gasteiger partial charge in [-0.2, -0.15) is 0 Å². The molecule has 1 saturated heterocycles. The second kappa shape index (κ2) is 9.64. The molecule has 8 heteroatoms. The minimum atomic E-state index is -0.893. The van der Waals surface area contributed by atoms with Crippen LogP contribution in [-0.4, -0.2) is 33.9 Å². The summed E-state index contributed by atoms with van der Waals surface area (Å²) in [6, 6.07) is 14.0. The molecule has 1 aliphatic heterocycles. The first kappa shape index (κ1) is 24.6. The Hall–Kier alpha value is -3.48. The van der Waals surface area contributed by atoms with E-state index in [0.717, 1.165) is 16.7 Å². The van der Waals surface area contributed by atoms with Crippen LogP contribution in [0.3, 0.4) is 0 Å². The Morgan fingerprint density at radius 1 is 1.00 bits per heavy atom. The zero-order chi connectivity index (χ0) is 25.4. The number of carbonyl (C=O) groups excluding carboxylic acids is 2. The summed E-state index contributed by atoms with van der Waals surface area (Å²) in [5, 5.41) is 21.3. The molecule has 1 fully saturated rings. The lowest BCUT2D eigenvalue weighted by Gasteiger charge is -2.26. The molecule has 1 heterocycles. The number of carbonyl (C=O) groups is 2. The van der Waals surface area contributed by atoms with Crippen LogP contribution >= 0.6 is 23.2 Å². The molecular formula is C27H23Cl2NO5. The number of nitrogens with zero attached hydrogens (tertiary/aromatic N) is 1. The monoisotopic (exact) mass is 511 g/mol. The van der Waals surface area contributed by atoms with Gasteiger partial charge in [0.25, 0.3) is 11.7 Å². The summed E-state index contributed by atoms with van der Waals surface area (Å²) in [6.07, 6.45) is 0. The number of Topliss-reactive ketones (excluding diaryl/α,β-unsaturated/α-hetero) is 1. The molecule has 35 heavy (non-hydrogen) atoms. The van der Waals surface area contributed by atoms with Crippen LogP contribution < -0.4 is 4.74 Å². The van der Waals surface area contributed by atoms with Gasteiger partial charge in [-0.3, -0.25) is 9.59 Å². The molecule has 0 saturated carbocycles. The van der Waals surface area contributed by atoms with Gasteiger partial charge in [-0.1, -0.05) is 59.1 Å². The Morgan fingerprint density at radius 3 is 2.23 bits per heavy atom. The van der Waals surface area contributed by atoms with Crippen molar-refractivity contribution in [3.8, 4) is 11.5 Å². The normalized spacial score (nSPS) is 17.2. The minimum Gasteiger partial charge on any atom is -0.508 e. The van der Waals surface area contributed by atoms with Gasteiger partial charge in [0.05, 0.1) is 28.8 Å². The lowest BCUT2D eigenvalue weighted by atomic mass is 9.94. The fourth-order valence-electron chi connectivity index (χ4n) is 4.25. The summed E-state index contributed by atoms with van der Waals surface area (Å²) in [6.45, 7) is 4.04. The van der Waals surface area contributed by atoms with Crippen molar-refractivity contribution in [1.82, 2.24) is 4.90 Å². The number of ether oxygens (including phenoxy) is 1. The number of phenols is 1. The van der Waals surface area contributed by atoms with E-state index in [1.54, 1.807) is 12.1 Å². The fraction of sp³-hybridized carbons (Fsp3) is 0.185. The SMILES string of the molecule is COc1c(Cl)cc(/C(O)=C2\C(=O)C(=O)N(Cc3cc(C)ccc3C)C2c2ccc(O)cc2)cc1Cl. The average molecular weight is 512 g/mol. The molecule has 0 spiro atoms. The van der Waals surface area contributed by atoms with Crippen LogP contribution in [0.5, 0.6) is 11.5 Å². The number of aliphatic hydroxyl groups excluding tert-OH is 1. The molecule has 0 bridgehead atoms. The molecule has 3 aromatic rings. The molecule has 0 aliphatic carbocycles. The van der Waals surface area contributed by atoms with Gasteiger partial charge in [0.2, 0.25) is 0 Å². The molecule has 4 rings (SSSR count). The molecule has 1 aliphatic rings. The van der Waals surface area contributed by atoms with E-state index in [1.807, 2.05) is 32.0 Å². The Morgan fingerprint density at radius 2 is 1.63 bits per heavy atom. The number of hydrogen-bond donors (Lipinski definition) is 2. The Labute approximate surface area is 213 Å². The Bertz CT molecular complexity index is 1340. The number of aliphatic hydroxyl groups is 1. The van der Waals surface area contributed by atoms with Crippen molar-refractivity contribution < 1.29 is 24.5 Å². The van der Waals surface area contributed by atoms with Crippen LogP contribution in [0.25, 0.3) is 5.76 Å². The highest BCUT2D eigenvalue weighted by atomic mass is 35.5.